The first kappa shape index (κ1) is 25.1. The third-order valence-corrected chi connectivity index (χ3v) is 6.36. The second-order valence-electron chi connectivity index (χ2n) is 8.08. The predicted molar refractivity (Wildman–Crippen MR) is 133 cm³/mol. The van der Waals surface area contributed by atoms with Crippen LogP contribution in [0.4, 0.5) is 0 Å². The van der Waals surface area contributed by atoms with Crippen LogP contribution in [0, 0.1) is 0 Å². The first-order valence-electron chi connectivity index (χ1n) is 11.2. The smallest absolute Gasteiger partial charge is 0.295 e. The molecule has 1 unspecified atom stereocenters. The largest absolute Gasteiger partial charge is 0.507 e. The summed E-state index contributed by atoms with van der Waals surface area (Å²) in [4.78, 5) is 32.0. The number of carbonyl (C=O) groups excluding carboxylic acids is 2. The van der Waals surface area contributed by atoms with E-state index in [2.05, 4.69) is 4.98 Å². The van der Waals surface area contributed by atoms with Crippen LogP contribution in [-0.2, 0) is 16.1 Å². The maximum atomic E-state index is 13.3. The topological polar surface area (TPSA) is 103 Å². The van der Waals surface area contributed by atoms with Gasteiger partial charge in [0.2, 0.25) is 0 Å². The van der Waals surface area contributed by atoms with E-state index in [1.807, 2.05) is 10.8 Å². The zero-order valence-corrected chi connectivity index (χ0v) is 20.9. The fraction of sp³-hybridized carbons (Fsp3) is 0.269. The molecular formula is C26H26ClN3O6. The molecule has 3 aromatic rings. The van der Waals surface area contributed by atoms with E-state index in [0.29, 0.717) is 35.8 Å². The van der Waals surface area contributed by atoms with Crippen LogP contribution in [0.1, 0.15) is 23.6 Å². The Kier molecular flexibility index (Phi) is 7.49. The maximum absolute atomic E-state index is 13.3. The van der Waals surface area contributed by atoms with E-state index < -0.39 is 17.7 Å². The number of aromatic nitrogens is 2. The number of rotatable bonds is 9. The van der Waals surface area contributed by atoms with Crippen LogP contribution < -0.4 is 14.2 Å². The summed E-state index contributed by atoms with van der Waals surface area (Å²) in [7, 11) is 4.46. The Labute approximate surface area is 213 Å². The van der Waals surface area contributed by atoms with Crippen molar-refractivity contribution < 1.29 is 28.9 Å². The number of ketones is 1. The highest BCUT2D eigenvalue weighted by Crippen LogP contribution is 2.45. The van der Waals surface area contributed by atoms with E-state index in [4.69, 9.17) is 25.8 Å². The summed E-state index contributed by atoms with van der Waals surface area (Å²) in [6.45, 7) is 0.854. The van der Waals surface area contributed by atoms with Crippen LogP contribution in [0.15, 0.2) is 60.7 Å². The molecule has 1 saturated heterocycles. The Morgan fingerprint density at radius 1 is 1.06 bits per heavy atom. The lowest BCUT2D eigenvalue weighted by atomic mass is 9.94. The maximum Gasteiger partial charge on any atom is 0.295 e. The number of Topliss-reactive ketones (excluding diaryl/α,β-unsaturated/α-hetero) is 1. The average molecular weight is 512 g/mol. The van der Waals surface area contributed by atoms with Gasteiger partial charge in [0.05, 0.1) is 44.3 Å². The third-order valence-electron chi connectivity index (χ3n) is 6.07. The number of imidazole rings is 1. The number of para-hydroxylation sites is 1. The number of benzene rings is 2. The van der Waals surface area contributed by atoms with Gasteiger partial charge in [0.1, 0.15) is 11.5 Å². The summed E-state index contributed by atoms with van der Waals surface area (Å²) >= 11 is 6.27. The van der Waals surface area contributed by atoms with E-state index in [0.717, 1.165) is 0 Å². The second kappa shape index (κ2) is 10.7. The van der Waals surface area contributed by atoms with Crippen LogP contribution >= 0.6 is 11.6 Å². The molecule has 1 atom stereocenters. The van der Waals surface area contributed by atoms with Gasteiger partial charge >= 0.3 is 0 Å². The molecule has 0 bridgehead atoms. The fourth-order valence-electron chi connectivity index (χ4n) is 4.37. The van der Waals surface area contributed by atoms with Crippen molar-refractivity contribution in [2.45, 2.75) is 19.0 Å². The minimum Gasteiger partial charge on any atom is -0.507 e. The van der Waals surface area contributed by atoms with Gasteiger partial charge in [-0.25, -0.2) is 4.98 Å². The standard InChI is InChI=1S/C26H26ClN3O6/c1-34-19-9-8-16(14-18(19)27)23(31)21-22(17-6-4-7-20(35-2)25(17)36-3)30(26(33)24(21)32)12-5-11-29-13-10-28-15-29/h4,6-10,13-15,22,31H,5,11-12H2,1-3H3. The number of hydrogen-bond acceptors (Lipinski definition) is 7. The third kappa shape index (κ3) is 4.61. The fourth-order valence-corrected chi connectivity index (χ4v) is 4.63. The SMILES string of the molecule is COc1ccc(C(O)=C2C(=O)C(=O)N(CCCn3ccnc3)C2c2cccc(OC)c2OC)cc1Cl. The number of amides is 1. The average Bonchev–Trinajstić information content (AvgIpc) is 3.50. The molecule has 0 spiro atoms. The molecule has 2 aromatic carbocycles. The van der Waals surface area contributed by atoms with Crippen molar-refractivity contribution in [3.8, 4) is 17.2 Å². The van der Waals surface area contributed by atoms with Gasteiger partial charge in [0.15, 0.2) is 11.5 Å². The quantitative estimate of drug-likeness (QED) is 0.262. The summed E-state index contributed by atoms with van der Waals surface area (Å²) in [6.07, 6.45) is 5.74. The number of hydrogen-bond donors (Lipinski definition) is 1. The minimum absolute atomic E-state index is 0.0598. The number of methoxy groups -OCH3 is 3. The number of nitrogens with zero attached hydrogens (tertiary/aromatic N) is 3. The van der Waals surface area contributed by atoms with E-state index in [1.54, 1.807) is 42.9 Å². The molecule has 0 aliphatic carbocycles. The molecular weight excluding hydrogens is 486 g/mol. The summed E-state index contributed by atoms with van der Waals surface area (Å²) < 4.78 is 18.1. The van der Waals surface area contributed by atoms with Crippen LogP contribution in [0.25, 0.3) is 5.76 Å². The van der Waals surface area contributed by atoms with Gasteiger partial charge < -0.3 is 28.8 Å². The first-order chi connectivity index (χ1) is 17.4. The van der Waals surface area contributed by atoms with Gasteiger partial charge in [-0.05, 0) is 30.7 Å². The molecule has 0 radical (unpaired) electrons. The van der Waals surface area contributed by atoms with Gasteiger partial charge in [0.25, 0.3) is 11.7 Å². The van der Waals surface area contributed by atoms with Crippen LogP contribution in [-0.4, -0.2) is 59.1 Å². The van der Waals surface area contributed by atoms with Crippen molar-refractivity contribution >= 4 is 29.1 Å². The number of carbonyl (C=O) groups is 2. The molecule has 0 saturated carbocycles. The number of aryl methyl sites for hydroxylation is 1. The zero-order valence-electron chi connectivity index (χ0n) is 20.1. The molecule has 1 aliphatic heterocycles. The Morgan fingerprint density at radius 3 is 2.47 bits per heavy atom. The number of aliphatic hydroxyl groups excluding tert-OH is 1. The Hall–Kier alpha value is -3.98. The van der Waals surface area contributed by atoms with Gasteiger partial charge in [-0.1, -0.05) is 23.7 Å². The Bertz CT molecular complexity index is 1310. The zero-order chi connectivity index (χ0) is 25.8. The van der Waals surface area contributed by atoms with E-state index in [1.165, 1.54) is 32.3 Å². The van der Waals surface area contributed by atoms with E-state index in [-0.39, 0.29) is 28.5 Å². The van der Waals surface area contributed by atoms with Crippen LogP contribution in [0.5, 0.6) is 17.2 Å². The molecule has 1 aliphatic rings. The number of halogens is 1. The molecule has 1 N–H and O–H groups in total. The van der Waals surface area contributed by atoms with Gasteiger partial charge in [-0.15, -0.1) is 0 Å². The van der Waals surface area contributed by atoms with Crippen molar-refractivity contribution in [2.24, 2.45) is 0 Å². The first-order valence-corrected chi connectivity index (χ1v) is 11.6. The van der Waals surface area contributed by atoms with Gasteiger partial charge in [-0.2, -0.15) is 0 Å². The lowest BCUT2D eigenvalue weighted by Gasteiger charge is -2.27. The molecule has 1 fully saturated rings. The summed E-state index contributed by atoms with van der Waals surface area (Å²) in [5, 5.41) is 11.6. The molecule has 1 amide bonds. The molecule has 1 aromatic heterocycles. The van der Waals surface area contributed by atoms with E-state index in [9.17, 15) is 14.7 Å². The van der Waals surface area contributed by atoms with E-state index >= 15 is 0 Å². The number of likely N-dealkylation sites (tertiary alicyclic amines) is 1. The molecule has 36 heavy (non-hydrogen) atoms. The van der Waals surface area contributed by atoms with Crippen molar-refractivity contribution in [1.29, 1.82) is 0 Å². The van der Waals surface area contributed by atoms with Gasteiger partial charge in [-0.3, -0.25) is 9.59 Å². The van der Waals surface area contributed by atoms with Crippen molar-refractivity contribution in [2.75, 3.05) is 27.9 Å². The highest BCUT2D eigenvalue weighted by atomic mass is 35.5. The number of ether oxygens (including phenoxy) is 3. The van der Waals surface area contributed by atoms with Crippen LogP contribution in [0.2, 0.25) is 5.02 Å². The molecule has 4 rings (SSSR count). The summed E-state index contributed by atoms with van der Waals surface area (Å²) in [5.41, 5.74) is 0.735. The normalized spacial score (nSPS) is 16.9. The van der Waals surface area contributed by atoms with Crippen molar-refractivity contribution in [3.05, 3.63) is 76.8 Å². The Morgan fingerprint density at radius 2 is 1.83 bits per heavy atom. The van der Waals surface area contributed by atoms with Gasteiger partial charge in [0, 0.05) is 36.6 Å². The lowest BCUT2D eigenvalue weighted by Crippen LogP contribution is -2.31. The highest BCUT2D eigenvalue weighted by molar-refractivity contribution is 6.46. The molecule has 10 heteroatoms. The van der Waals surface area contributed by atoms with Crippen LogP contribution in [0.3, 0.4) is 0 Å². The molecule has 188 valence electrons. The Balaban J connectivity index is 1.83. The summed E-state index contributed by atoms with van der Waals surface area (Å²) in [6, 6.07) is 8.95. The highest BCUT2D eigenvalue weighted by Gasteiger charge is 2.47. The molecule has 2 heterocycles. The number of aliphatic hydroxyl groups is 1. The second-order valence-corrected chi connectivity index (χ2v) is 8.49. The molecule has 9 nitrogen and oxygen atoms in total. The monoisotopic (exact) mass is 511 g/mol. The van der Waals surface area contributed by atoms with Crippen molar-refractivity contribution in [3.63, 3.8) is 0 Å². The van der Waals surface area contributed by atoms with Crippen molar-refractivity contribution in [1.82, 2.24) is 14.5 Å². The minimum atomic E-state index is -0.904. The summed E-state index contributed by atoms with van der Waals surface area (Å²) in [5.74, 6) is -0.630. The lowest BCUT2D eigenvalue weighted by molar-refractivity contribution is -0.140. The predicted octanol–water partition coefficient (Wildman–Crippen LogP) is 4.07.